The van der Waals surface area contributed by atoms with Gasteiger partial charge in [-0.1, -0.05) is 19.8 Å². The molecule has 0 aromatic carbocycles. The van der Waals surface area contributed by atoms with Crippen LogP contribution in [-0.2, 0) is 9.59 Å². The molecule has 2 rings (SSSR count). The number of piperidine rings is 1. The monoisotopic (exact) mass is 238 g/mol. The molecule has 4 nitrogen and oxygen atoms in total. The minimum atomic E-state index is -0.0232. The summed E-state index contributed by atoms with van der Waals surface area (Å²) in [6, 6.07) is 0.351. The predicted molar refractivity (Wildman–Crippen MR) is 65.3 cm³/mol. The predicted octanol–water partition coefficient (Wildman–Crippen LogP) is 1.21. The molecule has 1 saturated heterocycles. The summed E-state index contributed by atoms with van der Waals surface area (Å²) in [5.41, 5.74) is 0. The summed E-state index contributed by atoms with van der Waals surface area (Å²) in [5, 5.41) is 5.90. The molecule has 1 aliphatic carbocycles. The van der Waals surface area contributed by atoms with Crippen LogP contribution in [0, 0.1) is 11.8 Å². The molecule has 2 aliphatic rings. The van der Waals surface area contributed by atoms with Gasteiger partial charge in [-0.3, -0.25) is 9.59 Å². The topological polar surface area (TPSA) is 58.2 Å². The van der Waals surface area contributed by atoms with Gasteiger partial charge in [-0.25, -0.2) is 0 Å². The smallest absolute Gasteiger partial charge is 0.225 e. The highest BCUT2D eigenvalue weighted by Gasteiger charge is 2.27. The van der Waals surface area contributed by atoms with Gasteiger partial charge in [-0.2, -0.15) is 0 Å². The zero-order valence-corrected chi connectivity index (χ0v) is 10.5. The third-order valence-corrected chi connectivity index (χ3v) is 3.92. The molecule has 2 N–H and O–H groups in total. The Bertz CT molecular complexity index is 294. The molecular weight excluding hydrogens is 216 g/mol. The van der Waals surface area contributed by atoms with Crippen molar-refractivity contribution in [1.82, 2.24) is 10.6 Å². The number of carbonyl (C=O) groups is 2. The van der Waals surface area contributed by atoms with Crippen molar-refractivity contribution >= 4 is 11.8 Å². The largest absolute Gasteiger partial charge is 0.355 e. The first-order valence-electron chi connectivity index (χ1n) is 6.72. The van der Waals surface area contributed by atoms with Crippen LogP contribution in [0.3, 0.4) is 0 Å². The van der Waals surface area contributed by atoms with Gasteiger partial charge in [-0.15, -0.1) is 0 Å². The van der Waals surface area contributed by atoms with E-state index < -0.39 is 0 Å². The summed E-state index contributed by atoms with van der Waals surface area (Å²) in [7, 11) is 0. The van der Waals surface area contributed by atoms with Crippen molar-refractivity contribution in [3.63, 3.8) is 0 Å². The molecule has 4 heteroatoms. The van der Waals surface area contributed by atoms with Gasteiger partial charge in [0.1, 0.15) is 0 Å². The second-order valence-electron chi connectivity index (χ2n) is 5.52. The fraction of sp³-hybridized carbons (Fsp3) is 0.846. The molecular formula is C13H22N2O2. The minimum absolute atomic E-state index is 0.0232. The quantitative estimate of drug-likeness (QED) is 0.759. The molecule has 3 atom stereocenters. The second kappa shape index (κ2) is 5.52. The summed E-state index contributed by atoms with van der Waals surface area (Å²) in [4.78, 5) is 23.0. The van der Waals surface area contributed by atoms with E-state index in [1.54, 1.807) is 0 Å². The Morgan fingerprint density at radius 2 is 2.18 bits per heavy atom. The third-order valence-electron chi connectivity index (χ3n) is 3.92. The molecule has 17 heavy (non-hydrogen) atoms. The van der Waals surface area contributed by atoms with Crippen molar-refractivity contribution in [2.45, 2.75) is 51.5 Å². The Morgan fingerprint density at radius 1 is 1.35 bits per heavy atom. The van der Waals surface area contributed by atoms with E-state index in [0.29, 0.717) is 25.4 Å². The summed E-state index contributed by atoms with van der Waals surface area (Å²) in [5.74, 6) is 0.898. The van der Waals surface area contributed by atoms with Gasteiger partial charge in [-0.05, 0) is 25.2 Å². The average Bonchev–Trinajstić information content (AvgIpc) is 2.29. The number of rotatable bonds is 2. The average molecular weight is 238 g/mol. The lowest BCUT2D eigenvalue weighted by Gasteiger charge is -2.30. The maximum absolute atomic E-state index is 12.0. The third kappa shape index (κ3) is 3.45. The van der Waals surface area contributed by atoms with Gasteiger partial charge in [0.2, 0.25) is 11.8 Å². The van der Waals surface area contributed by atoms with Crippen molar-refractivity contribution in [2.75, 3.05) is 6.54 Å². The lowest BCUT2D eigenvalue weighted by Crippen LogP contribution is -2.46. The maximum atomic E-state index is 12.0. The summed E-state index contributed by atoms with van der Waals surface area (Å²) in [6.07, 6.45) is 5.89. The number of carbonyl (C=O) groups excluding carboxylic acids is 2. The highest BCUT2D eigenvalue weighted by Crippen LogP contribution is 2.24. The lowest BCUT2D eigenvalue weighted by atomic mass is 9.86. The molecule has 1 aliphatic heterocycles. The van der Waals surface area contributed by atoms with Crippen LogP contribution in [0.4, 0.5) is 0 Å². The van der Waals surface area contributed by atoms with E-state index in [-0.39, 0.29) is 17.7 Å². The van der Waals surface area contributed by atoms with E-state index in [1.165, 1.54) is 12.8 Å². The zero-order chi connectivity index (χ0) is 12.3. The Kier molecular flexibility index (Phi) is 4.02. The Balaban J connectivity index is 1.78. The van der Waals surface area contributed by atoms with Crippen LogP contribution in [0.25, 0.3) is 0 Å². The van der Waals surface area contributed by atoms with Gasteiger partial charge >= 0.3 is 0 Å². The van der Waals surface area contributed by atoms with Gasteiger partial charge in [0.25, 0.3) is 0 Å². The number of amides is 2. The molecule has 0 radical (unpaired) electrons. The minimum Gasteiger partial charge on any atom is -0.355 e. The van der Waals surface area contributed by atoms with Crippen molar-refractivity contribution in [2.24, 2.45) is 11.8 Å². The van der Waals surface area contributed by atoms with Gasteiger partial charge in [0.05, 0.1) is 5.92 Å². The van der Waals surface area contributed by atoms with E-state index in [4.69, 9.17) is 0 Å². The highest BCUT2D eigenvalue weighted by atomic mass is 16.2. The number of nitrogens with one attached hydrogen (secondary N) is 2. The molecule has 0 aromatic rings. The standard InChI is InChI=1S/C13H22N2O2/c1-9-3-2-4-11(7-9)15-13(17)10-5-6-12(16)14-8-10/h9-11H,2-8H2,1H3,(H,14,16)(H,15,17). The number of hydrogen-bond donors (Lipinski definition) is 2. The molecule has 2 amide bonds. The first kappa shape index (κ1) is 12.4. The fourth-order valence-electron chi connectivity index (χ4n) is 2.84. The van der Waals surface area contributed by atoms with Crippen LogP contribution in [0.15, 0.2) is 0 Å². The van der Waals surface area contributed by atoms with E-state index in [9.17, 15) is 9.59 Å². The van der Waals surface area contributed by atoms with Gasteiger partial charge < -0.3 is 10.6 Å². The van der Waals surface area contributed by atoms with Crippen LogP contribution >= 0.6 is 0 Å². The van der Waals surface area contributed by atoms with Gasteiger partial charge in [0.15, 0.2) is 0 Å². The van der Waals surface area contributed by atoms with Crippen LogP contribution in [0.5, 0.6) is 0 Å². The van der Waals surface area contributed by atoms with Gasteiger partial charge in [0, 0.05) is 19.0 Å². The molecule has 0 aromatic heterocycles. The molecule has 0 bridgehead atoms. The number of hydrogen-bond acceptors (Lipinski definition) is 2. The summed E-state index contributed by atoms with van der Waals surface area (Å²) >= 11 is 0. The first-order valence-corrected chi connectivity index (χ1v) is 6.72. The lowest BCUT2D eigenvalue weighted by molar-refractivity contribution is -0.129. The van der Waals surface area contributed by atoms with E-state index in [1.807, 2.05) is 0 Å². The molecule has 1 saturated carbocycles. The van der Waals surface area contributed by atoms with Crippen molar-refractivity contribution in [3.05, 3.63) is 0 Å². The fourth-order valence-corrected chi connectivity index (χ4v) is 2.84. The summed E-state index contributed by atoms with van der Waals surface area (Å²) < 4.78 is 0. The normalized spacial score (nSPS) is 33.9. The van der Waals surface area contributed by atoms with E-state index in [0.717, 1.165) is 18.8 Å². The van der Waals surface area contributed by atoms with E-state index >= 15 is 0 Å². The Morgan fingerprint density at radius 3 is 2.82 bits per heavy atom. The van der Waals surface area contributed by atoms with Crippen LogP contribution < -0.4 is 10.6 Å². The van der Waals surface area contributed by atoms with Crippen LogP contribution in [0.1, 0.15) is 45.4 Å². The molecule has 0 spiro atoms. The van der Waals surface area contributed by atoms with E-state index in [2.05, 4.69) is 17.6 Å². The van der Waals surface area contributed by atoms with Crippen molar-refractivity contribution in [3.8, 4) is 0 Å². The van der Waals surface area contributed by atoms with Crippen molar-refractivity contribution < 1.29 is 9.59 Å². The molecule has 3 unspecified atom stereocenters. The first-order chi connectivity index (χ1) is 8.15. The second-order valence-corrected chi connectivity index (χ2v) is 5.52. The van der Waals surface area contributed by atoms with Crippen molar-refractivity contribution in [1.29, 1.82) is 0 Å². The van der Waals surface area contributed by atoms with Crippen LogP contribution in [0.2, 0.25) is 0 Å². The molecule has 2 fully saturated rings. The highest BCUT2D eigenvalue weighted by molar-refractivity contribution is 5.83. The Labute approximate surface area is 103 Å². The zero-order valence-electron chi connectivity index (χ0n) is 10.5. The molecule has 96 valence electrons. The summed E-state index contributed by atoms with van der Waals surface area (Å²) in [6.45, 7) is 2.76. The maximum Gasteiger partial charge on any atom is 0.225 e. The molecule has 1 heterocycles. The Hall–Kier alpha value is -1.06. The SMILES string of the molecule is CC1CCCC(NC(=O)C2CCC(=O)NC2)C1. The van der Waals surface area contributed by atoms with Crippen LogP contribution in [-0.4, -0.2) is 24.4 Å².